The lowest BCUT2D eigenvalue weighted by Gasteiger charge is -2.12. The van der Waals surface area contributed by atoms with Crippen molar-refractivity contribution in [3.8, 4) is 11.5 Å². The minimum absolute atomic E-state index is 0.320. The molecule has 0 aliphatic heterocycles. The van der Waals surface area contributed by atoms with Crippen LogP contribution in [0.5, 0.6) is 11.5 Å². The lowest BCUT2D eigenvalue weighted by Crippen LogP contribution is -2.32. The zero-order valence-electron chi connectivity index (χ0n) is 12.4. The third-order valence-corrected chi connectivity index (χ3v) is 3.33. The van der Waals surface area contributed by atoms with Crippen molar-refractivity contribution < 1.29 is 14.3 Å². The predicted molar refractivity (Wildman–Crippen MR) is 92.0 cm³/mol. The third kappa shape index (κ3) is 5.54. The summed E-state index contributed by atoms with van der Waals surface area (Å²) in [5, 5.41) is 6.46. The fourth-order valence-corrected chi connectivity index (χ4v) is 2.19. The van der Waals surface area contributed by atoms with Gasteiger partial charge >= 0.3 is 6.03 Å². The molecule has 0 unspecified atom stereocenters. The minimum atomic E-state index is -0.375. The maximum atomic E-state index is 11.9. The summed E-state index contributed by atoms with van der Waals surface area (Å²) in [4.78, 5) is 11.9. The summed E-state index contributed by atoms with van der Waals surface area (Å²) in [6, 6.07) is 11.7. The van der Waals surface area contributed by atoms with Crippen LogP contribution in [-0.2, 0) is 0 Å². The number of amides is 2. The van der Waals surface area contributed by atoms with Gasteiger partial charge in [-0.1, -0.05) is 29.3 Å². The Balaban J connectivity index is 1.78. The van der Waals surface area contributed by atoms with Crippen LogP contribution in [0.2, 0.25) is 10.0 Å². The van der Waals surface area contributed by atoms with Gasteiger partial charge in [0.2, 0.25) is 0 Å². The SMILES string of the molecule is COc1ccc(Cl)cc1NC(=O)NCCOc1cccc(Cl)c1. The van der Waals surface area contributed by atoms with Crippen molar-refractivity contribution in [1.82, 2.24) is 5.32 Å². The maximum Gasteiger partial charge on any atom is 0.319 e. The number of nitrogens with one attached hydrogen (secondary N) is 2. The fourth-order valence-electron chi connectivity index (χ4n) is 1.83. The summed E-state index contributed by atoms with van der Waals surface area (Å²) in [5.41, 5.74) is 0.494. The van der Waals surface area contributed by atoms with Gasteiger partial charge in [0.1, 0.15) is 18.1 Å². The molecule has 2 aromatic carbocycles. The van der Waals surface area contributed by atoms with Crippen molar-refractivity contribution in [3.05, 3.63) is 52.5 Å². The standard InChI is InChI=1S/C16H16Cl2N2O3/c1-22-15-6-5-12(18)10-14(15)20-16(21)19-7-8-23-13-4-2-3-11(17)9-13/h2-6,9-10H,7-8H2,1H3,(H2,19,20,21). The fraction of sp³-hybridized carbons (Fsp3) is 0.188. The highest BCUT2D eigenvalue weighted by Crippen LogP contribution is 2.27. The molecule has 23 heavy (non-hydrogen) atoms. The Labute approximate surface area is 144 Å². The molecule has 0 aliphatic carbocycles. The van der Waals surface area contributed by atoms with Crippen LogP contribution in [0.3, 0.4) is 0 Å². The van der Waals surface area contributed by atoms with Crippen LogP contribution in [0.25, 0.3) is 0 Å². The average molecular weight is 355 g/mol. The average Bonchev–Trinajstić information content (AvgIpc) is 2.52. The molecule has 0 spiro atoms. The highest BCUT2D eigenvalue weighted by Gasteiger charge is 2.07. The van der Waals surface area contributed by atoms with Crippen molar-refractivity contribution >= 4 is 34.9 Å². The Morgan fingerprint density at radius 3 is 2.65 bits per heavy atom. The number of halogens is 2. The van der Waals surface area contributed by atoms with Gasteiger partial charge in [0, 0.05) is 10.0 Å². The number of ether oxygens (including phenoxy) is 2. The first-order chi connectivity index (χ1) is 11.1. The zero-order chi connectivity index (χ0) is 16.7. The second-order valence-corrected chi connectivity index (χ2v) is 5.40. The maximum absolute atomic E-state index is 11.9. The lowest BCUT2D eigenvalue weighted by molar-refractivity contribution is 0.247. The highest BCUT2D eigenvalue weighted by atomic mass is 35.5. The van der Waals surface area contributed by atoms with E-state index in [0.717, 1.165) is 0 Å². The van der Waals surface area contributed by atoms with E-state index in [1.165, 1.54) is 7.11 Å². The quantitative estimate of drug-likeness (QED) is 0.764. The number of rotatable bonds is 6. The highest BCUT2D eigenvalue weighted by molar-refractivity contribution is 6.31. The first-order valence-electron chi connectivity index (χ1n) is 6.85. The molecular weight excluding hydrogens is 339 g/mol. The molecule has 0 atom stereocenters. The van der Waals surface area contributed by atoms with Crippen molar-refractivity contribution in [2.75, 3.05) is 25.6 Å². The summed E-state index contributed by atoms with van der Waals surface area (Å²) in [6.07, 6.45) is 0. The van der Waals surface area contributed by atoms with Crippen LogP contribution >= 0.6 is 23.2 Å². The Kier molecular flexibility index (Phi) is 6.38. The second kappa shape index (κ2) is 8.50. The molecule has 7 heteroatoms. The van der Waals surface area contributed by atoms with Gasteiger partial charge in [0.15, 0.2) is 0 Å². The largest absolute Gasteiger partial charge is 0.495 e. The first kappa shape index (κ1) is 17.2. The molecule has 0 saturated heterocycles. The summed E-state index contributed by atoms with van der Waals surface area (Å²) in [5.74, 6) is 1.18. The van der Waals surface area contributed by atoms with E-state index in [1.807, 2.05) is 0 Å². The lowest BCUT2D eigenvalue weighted by atomic mass is 10.3. The van der Waals surface area contributed by atoms with Gasteiger partial charge in [-0.2, -0.15) is 0 Å². The molecular formula is C16H16Cl2N2O3. The van der Waals surface area contributed by atoms with Gasteiger partial charge in [-0.25, -0.2) is 4.79 Å². The number of anilines is 1. The summed E-state index contributed by atoms with van der Waals surface area (Å²) < 4.78 is 10.6. The first-order valence-corrected chi connectivity index (χ1v) is 7.61. The zero-order valence-corrected chi connectivity index (χ0v) is 13.9. The molecule has 0 saturated carbocycles. The third-order valence-electron chi connectivity index (χ3n) is 2.86. The van der Waals surface area contributed by atoms with E-state index in [4.69, 9.17) is 32.7 Å². The van der Waals surface area contributed by atoms with Crippen molar-refractivity contribution in [2.24, 2.45) is 0 Å². The van der Waals surface area contributed by atoms with E-state index in [1.54, 1.807) is 42.5 Å². The number of urea groups is 1. The van der Waals surface area contributed by atoms with E-state index in [0.29, 0.717) is 40.4 Å². The number of hydrogen-bond donors (Lipinski definition) is 2. The Morgan fingerprint density at radius 2 is 1.91 bits per heavy atom. The van der Waals surface area contributed by atoms with Gasteiger partial charge in [-0.05, 0) is 36.4 Å². The van der Waals surface area contributed by atoms with Crippen molar-refractivity contribution in [3.63, 3.8) is 0 Å². The van der Waals surface area contributed by atoms with E-state index in [2.05, 4.69) is 10.6 Å². The number of benzene rings is 2. The van der Waals surface area contributed by atoms with Crippen LogP contribution < -0.4 is 20.1 Å². The number of carbonyl (C=O) groups excluding carboxylic acids is 1. The predicted octanol–water partition coefficient (Wildman–Crippen LogP) is 4.20. The number of methoxy groups -OCH3 is 1. The van der Waals surface area contributed by atoms with Crippen LogP contribution in [0.4, 0.5) is 10.5 Å². The van der Waals surface area contributed by atoms with Crippen molar-refractivity contribution in [1.29, 1.82) is 0 Å². The van der Waals surface area contributed by atoms with Crippen LogP contribution in [0.1, 0.15) is 0 Å². The molecule has 0 aliphatic rings. The van der Waals surface area contributed by atoms with Gasteiger partial charge in [0.25, 0.3) is 0 Å². The second-order valence-electron chi connectivity index (χ2n) is 4.53. The van der Waals surface area contributed by atoms with Gasteiger partial charge in [-0.15, -0.1) is 0 Å². The van der Waals surface area contributed by atoms with Crippen LogP contribution in [0.15, 0.2) is 42.5 Å². The molecule has 0 bridgehead atoms. The van der Waals surface area contributed by atoms with Crippen LogP contribution in [-0.4, -0.2) is 26.3 Å². The normalized spacial score (nSPS) is 10.0. The monoisotopic (exact) mass is 354 g/mol. The molecule has 0 radical (unpaired) electrons. The molecule has 2 N–H and O–H groups in total. The Bertz CT molecular complexity index is 680. The Morgan fingerprint density at radius 1 is 1.13 bits per heavy atom. The van der Waals surface area contributed by atoms with Crippen LogP contribution in [0, 0.1) is 0 Å². The van der Waals surface area contributed by atoms with E-state index < -0.39 is 0 Å². The van der Waals surface area contributed by atoms with E-state index >= 15 is 0 Å². The number of hydrogen-bond acceptors (Lipinski definition) is 3. The van der Waals surface area contributed by atoms with E-state index in [9.17, 15) is 4.79 Å². The van der Waals surface area contributed by atoms with Gasteiger partial charge < -0.3 is 20.1 Å². The van der Waals surface area contributed by atoms with Gasteiger partial charge in [-0.3, -0.25) is 0 Å². The Hall–Kier alpha value is -2.11. The minimum Gasteiger partial charge on any atom is -0.495 e. The molecule has 2 amide bonds. The van der Waals surface area contributed by atoms with E-state index in [-0.39, 0.29) is 6.03 Å². The molecule has 0 fully saturated rings. The van der Waals surface area contributed by atoms with Crippen molar-refractivity contribution in [2.45, 2.75) is 0 Å². The molecule has 0 aromatic heterocycles. The summed E-state index contributed by atoms with van der Waals surface area (Å²) in [7, 11) is 1.52. The number of carbonyl (C=O) groups is 1. The topological polar surface area (TPSA) is 59.6 Å². The molecule has 122 valence electrons. The van der Waals surface area contributed by atoms with Gasteiger partial charge in [0.05, 0.1) is 19.3 Å². The molecule has 0 heterocycles. The molecule has 2 aromatic rings. The summed E-state index contributed by atoms with van der Waals surface area (Å²) in [6.45, 7) is 0.654. The molecule has 5 nitrogen and oxygen atoms in total. The summed E-state index contributed by atoms with van der Waals surface area (Å²) >= 11 is 11.8. The smallest absolute Gasteiger partial charge is 0.319 e. The molecule has 2 rings (SSSR count).